The highest BCUT2D eigenvalue weighted by Gasteiger charge is 2.08. The third-order valence-corrected chi connectivity index (χ3v) is 8.79. The Bertz CT molecular complexity index is 561. The van der Waals surface area contributed by atoms with Crippen LogP contribution in [0.15, 0.2) is 0 Å². The van der Waals surface area contributed by atoms with Gasteiger partial charge >= 0.3 is 0 Å². The molecule has 0 saturated heterocycles. The molecule has 0 spiro atoms. The van der Waals surface area contributed by atoms with Crippen LogP contribution in [-0.4, -0.2) is 50.1 Å². The van der Waals surface area contributed by atoms with Crippen molar-refractivity contribution in [1.29, 1.82) is 0 Å². The van der Waals surface area contributed by atoms with E-state index in [2.05, 4.69) is 28.1 Å². The van der Waals surface area contributed by atoms with E-state index in [9.17, 15) is 9.59 Å². The summed E-state index contributed by atoms with van der Waals surface area (Å²) in [5.41, 5.74) is 0.280. The molecule has 1 unspecified atom stereocenters. The molecule has 40 heavy (non-hydrogen) atoms. The van der Waals surface area contributed by atoms with E-state index in [1.54, 1.807) is 0 Å². The third kappa shape index (κ3) is 33.9. The van der Waals surface area contributed by atoms with Crippen LogP contribution < -0.4 is 0 Å². The molecule has 0 aromatic rings. The summed E-state index contributed by atoms with van der Waals surface area (Å²) in [4.78, 5) is 24.0. The van der Waals surface area contributed by atoms with Gasteiger partial charge in [0.2, 0.25) is 0 Å². The fourth-order valence-electron chi connectivity index (χ4n) is 5.17. The first-order chi connectivity index (χ1) is 19.3. The number of rotatable bonds is 33. The molecule has 0 aromatic heterocycles. The first-order valence-electron chi connectivity index (χ1n) is 17.6. The van der Waals surface area contributed by atoms with E-state index < -0.39 is 0 Å². The maximum Gasteiger partial charge on any atom is 0.178 e. The quantitative estimate of drug-likeness (QED) is 0.0438. The average molecular weight is 585 g/mol. The largest absolute Gasteiger partial charge is 0.349 e. The summed E-state index contributed by atoms with van der Waals surface area (Å²) in [6.45, 7) is 3.90. The second-order valence-corrected chi connectivity index (χ2v) is 14.4. The molecule has 0 rings (SSSR count). The lowest BCUT2D eigenvalue weighted by Gasteiger charge is -2.23. The van der Waals surface area contributed by atoms with E-state index in [-0.39, 0.29) is 14.3 Å². The number of nitrogens with zero attached hydrogens (tertiary/aromatic N) is 1. The minimum Gasteiger partial charge on any atom is -0.349 e. The van der Waals surface area contributed by atoms with Gasteiger partial charge in [-0.25, -0.2) is 0 Å². The number of hydrogen-bond acceptors (Lipinski definition) is 3. The Morgan fingerprint density at radius 1 is 0.500 bits per heavy atom. The number of carbonyl (C=O) groups excluding carboxylic acids is 2. The molecule has 0 saturated carbocycles. The molecule has 0 aliphatic rings. The second-order valence-electron chi connectivity index (χ2n) is 13.3. The number of quaternary nitrogens is 1. The maximum absolute atomic E-state index is 12.1. The Hall–Kier alpha value is -0.310. The summed E-state index contributed by atoms with van der Waals surface area (Å²) in [5, 5.41) is 0. The van der Waals surface area contributed by atoms with Crippen molar-refractivity contribution in [3.63, 3.8) is 0 Å². The van der Waals surface area contributed by atoms with Crippen molar-refractivity contribution >= 4 is 20.1 Å². The molecule has 1 atom stereocenters. The summed E-state index contributed by atoms with van der Waals surface area (Å²) in [5.74, 6) is 0.498. The van der Waals surface area contributed by atoms with Crippen LogP contribution in [0.2, 0.25) is 0 Å². The Labute approximate surface area is 253 Å². The van der Waals surface area contributed by atoms with Crippen LogP contribution in [0.25, 0.3) is 0 Å². The number of hydrogen-bond donors (Lipinski definition) is 0. The van der Waals surface area contributed by atoms with Crippen molar-refractivity contribution in [3.05, 3.63) is 0 Å². The molecule has 0 heterocycles. The van der Waals surface area contributed by atoms with Crippen LogP contribution in [0, 0.1) is 0 Å². The zero-order valence-corrected chi connectivity index (χ0v) is 28.7. The maximum atomic E-state index is 12.1. The van der Waals surface area contributed by atoms with Crippen LogP contribution in [0.4, 0.5) is 0 Å². The van der Waals surface area contributed by atoms with Crippen LogP contribution >= 0.6 is 8.81 Å². The van der Waals surface area contributed by atoms with Crippen molar-refractivity contribution in [2.75, 3.05) is 34.3 Å². The predicted octanol–water partition coefficient (Wildman–Crippen LogP) is 11.0. The van der Waals surface area contributed by atoms with Gasteiger partial charge in [-0.05, 0) is 19.3 Å². The Balaban J connectivity index is 3.24. The summed E-state index contributed by atoms with van der Waals surface area (Å²) in [6.07, 6.45) is 33.7. The Morgan fingerprint density at radius 2 is 0.825 bits per heavy atom. The number of ketones is 1. The SMILES string of the molecule is CCCCCCCCCCCCCCCC(=O)CCCCCCCCCCCCCC(=O)POCC[N+](C)(C)C. The third-order valence-electron chi connectivity index (χ3n) is 7.97. The lowest BCUT2D eigenvalue weighted by molar-refractivity contribution is -0.870. The first kappa shape index (κ1) is 39.7. The van der Waals surface area contributed by atoms with E-state index >= 15 is 0 Å². The highest BCUT2D eigenvalue weighted by molar-refractivity contribution is 7.53. The molecule has 0 aromatic carbocycles. The average Bonchev–Trinajstić information content (AvgIpc) is 2.91. The number of likely N-dealkylation sites (N-methyl/N-ethyl adjacent to an activating group) is 1. The second kappa shape index (κ2) is 30.2. The lowest BCUT2D eigenvalue weighted by Crippen LogP contribution is -2.37. The number of unbranched alkanes of at least 4 members (excludes halogenated alkanes) is 22. The number of Topliss-reactive ketones (excluding diaryl/α,β-unsaturated/α-hetero) is 1. The molecular weight excluding hydrogens is 513 g/mol. The van der Waals surface area contributed by atoms with Crippen molar-refractivity contribution in [2.24, 2.45) is 0 Å². The molecule has 5 heteroatoms. The molecular formula is C35H71NO3P+. The fourth-order valence-corrected chi connectivity index (χ4v) is 5.80. The van der Waals surface area contributed by atoms with E-state index in [0.29, 0.717) is 18.8 Å². The minimum atomic E-state index is 0.0326. The van der Waals surface area contributed by atoms with Crippen molar-refractivity contribution in [3.8, 4) is 0 Å². The van der Waals surface area contributed by atoms with Crippen molar-refractivity contribution in [1.82, 2.24) is 0 Å². The first-order valence-corrected chi connectivity index (χ1v) is 18.5. The smallest absolute Gasteiger partial charge is 0.178 e. The van der Waals surface area contributed by atoms with Gasteiger partial charge in [-0.15, -0.1) is 0 Å². The molecule has 0 fully saturated rings. The van der Waals surface area contributed by atoms with E-state index in [1.165, 1.54) is 135 Å². The Morgan fingerprint density at radius 3 is 1.18 bits per heavy atom. The monoisotopic (exact) mass is 585 g/mol. The normalized spacial score (nSPS) is 12.1. The minimum absolute atomic E-state index is 0.0326. The van der Waals surface area contributed by atoms with Gasteiger partial charge in [-0.3, -0.25) is 9.59 Å². The Kier molecular flexibility index (Phi) is 29.9. The van der Waals surface area contributed by atoms with Crippen molar-refractivity contribution < 1.29 is 18.6 Å². The summed E-state index contributed by atoms with van der Waals surface area (Å²) in [7, 11) is 6.45. The summed E-state index contributed by atoms with van der Waals surface area (Å²) < 4.78 is 6.41. The highest BCUT2D eigenvalue weighted by Crippen LogP contribution is 2.19. The summed E-state index contributed by atoms with van der Waals surface area (Å²) >= 11 is 0. The van der Waals surface area contributed by atoms with E-state index in [4.69, 9.17) is 4.52 Å². The summed E-state index contributed by atoms with van der Waals surface area (Å²) in [6, 6.07) is 0. The van der Waals surface area contributed by atoms with Gasteiger partial charge in [-0.1, -0.05) is 142 Å². The van der Waals surface area contributed by atoms with Gasteiger partial charge in [0, 0.05) is 19.3 Å². The molecule has 0 N–H and O–H groups in total. The zero-order chi connectivity index (χ0) is 29.6. The molecule has 4 nitrogen and oxygen atoms in total. The van der Waals surface area contributed by atoms with Crippen LogP contribution in [0.5, 0.6) is 0 Å². The number of carbonyl (C=O) groups is 2. The highest BCUT2D eigenvalue weighted by atomic mass is 31.1. The van der Waals surface area contributed by atoms with Gasteiger partial charge in [0.25, 0.3) is 0 Å². The van der Waals surface area contributed by atoms with Gasteiger partial charge in [-0.2, -0.15) is 0 Å². The topological polar surface area (TPSA) is 43.4 Å². The van der Waals surface area contributed by atoms with Crippen molar-refractivity contribution in [2.45, 2.75) is 180 Å². The molecule has 0 radical (unpaired) electrons. The molecule has 0 bridgehead atoms. The van der Waals surface area contributed by atoms with Crippen LogP contribution in [0.3, 0.4) is 0 Å². The zero-order valence-electron chi connectivity index (χ0n) is 27.7. The van der Waals surface area contributed by atoms with Gasteiger partial charge in [0.1, 0.15) is 18.9 Å². The van der Waals surface area contributed by atoms with Gasteiger partial charge in [0.05, 0.1) is 30.0 Å². The van der Waals surface area contributed by atoms with Crippen LogP contribution in [-0.2, 0) is 14.1 Å². The van der Waals surface area contributed by atoms with Gasteiger partial charge < -0.3 is 9.01 Å². The van der Waals surface area contributed by atoms with E-state index in [1.807, 2.05) is 0 Å². The van der Waals surface area contributed by atoms with Gasteiger partial charge in [0.15, 0.2) is 5.52 Å². The molecule has 0 aliphatic heterocycles. The fraction of sp³-hybridized carbons (Fsp3) is 0.943. The standard InChI is InChI=1S/C35H71NO3P/c1-5-6-7-8-9-10-11-12-14-17-20-23-26-29-34(37)30-27-24-21-18-15-13-16-19-22-25-28-31-35(38)40-39-33-32-36(2,3)4/h40H,5-33H2,1-4H3/q+1. The lowest BCUT2D eigenvalue weighted by atomic mass is 10.0. The molecule has 0 aliphatic carbocycles. The molecule has 238 valence electrons. The predicted molar refractivity (Wildman–Crippen MR) is 178 cm³/mol. The molecule has 0 amide bonds. The van der Waals surface area contributed by atoms with E-state index in [0.717, 1.165) is 43.1 Å². The van der Waals surface area contributed by atoms with Crippen LogP contribution in [0.1, 0.15) is 180 Å².